The Bertz CT molecular complexity index is 263. The Kier molecular flexibility index (Phi) is 1.44. The third-order valence-corrected chi connectivity index (χ3v) is 2.08. The number of rotatable bonds is 2. The van der Waals surface area contributed by atoms with Gasteiger partial charge in [-0.3, -0.25) is 0 Å². The molecule has 0 bridgehead atoms. The first kappa shape index (κ1) is 6.83. The molecule has 0 saturated heterocycles. The van der Waals surface area contributed by atoms with Crippen LogP contribution in [0.15, 0.2) is 6.20 Å². The minimum Gasteiger partial charge on any atom is -0.236 e. The van der Waals surface area contributed by atoms with Gasteiger partial charge in [-0.1, -0.05) is 6.92 Å². The van der Waals surface area contributed by atoms with E-state index in [4.69, 9.17) is 0 Å². The first-order chi connectivity index (χ1) is 5.33. The average Bonchev–Trinajstić information content (AvgIpc) is 2.77. The molecule has 1 fully saturated rings. The zero-order valence-corrected chi connectivity index (χ0v) is 6.55. The molecule has 60 valence electrons. The Hall–Kier alpha value is -0.860. The van der Waals surface area contributed by atoms with Crippen LogP contribution in [0.1, 0.15) is 31.4 Å². The Balaban J connectivity index is 2.33. The van der Waals surface area contributed by atoms with Gasteiger partial charge in [0.2, 0.25) is 5.95 Å². The van der Waals surface area contributed by atoms with E-state index < -0.39 is 0 Å². The molecule has 1 saturated carbocycles. The first-order valence-corrected chi connectivity index (χ1v) is 4.04. The fraction of sp³-hybridized carbons (Fsp3) is 0.625. The molecule has 1 aromatic heterocycles. The van der Waals surface area contributed by atoms with Gasteiger partial charge in [-0.15, -0.1) is 0 Å². The van der Waals surface area contributed by atoms with Gasteiger partial charge in [-0.05, 0) is 19.3 Å². The second-order valence-electron chi connectivity index (χ2n) is 2.99. The van der Waals surface area contributed by atoms with Crippen LogP contribution >= 0.6 is 0 Å². The molecular formula is C8H11FN2. The third kappa shape index (κ3) is 1.04. The molecule has 0 aromatic carbocycles. The van der Waals surface area contributed by atoms with E-state index in [1.54, 1.807) is 6.20 Å². The van der Waals surface area contributed by atoms with Gasteiger partial charge in [0.15, 0.2) is 0 Å². The number of aromatic nitrogens is 2. The summed E-state index contributed by atoms with van der Waals surface area (Å²) >= 11 is 0. The van der Waals surface area contributed by atoms with Crippen molar-refractivity contribution >= 4 is 0 Å². The van der Waals surface area contributed by atoms with Gasteiger partial charge in [-0.25, -0.2) is 4.68 Å². The van der Waals surface area contributed by atoms with Gasteiger partial charge in [-0.2, -0.15) is 9.49 Å². The Morgan fingerprint density at radius 3 is 2.91 bits per heavy atom. The maximum atomic E-state index is 13.2. The molecule has 2 nitrogen and oxygen atoms in total. The topological polar surface area (TPSA) is 17.8 Å². The van der Waals surface area contributed by atoms with E-state index in [9.17, 15) is 4.39 Å². The molecule has 11 heavy (non-hydrogen) atoms. The lowest BCUT2D eigenvalue weighted by molar-refractivity contribution is 0.457. The van der Waals surface area contributed by atoms with Crippen LogP contribution in [0.3, 0.4) is 0 Å². The van der Waals surface area contributed by atoms with E-state index in [1.165, 1.54) is 4.68 Å². The largest absolute Gasteiger partial charge is 0.236 e. The molecule has 3 heteroatoms. The molecule has 0 spiro atoms. The average molecular weight is 154 g/mol. The molecule has 0 atom stereocenters. The first-order valence-electron chi connectivity index (χ1n) is 4.04. The third-order valence-electron chi connectivity index (χ3n) is 2.08. The maximum Gasteiger partial charge on any atom is 0.214 e. The predicted octanol–water partition coefficient (Wildman–Crippen LogP) is 1.92. The van der Waals surface area contributed by atoms with E-state index >= 15 is 0 Å². The SMILES string of the molecule is CCc1cnn(C2CC2)c1F. The highest BCUT2D eigenvalue weighted by Gasteiger charge is 2.27. The molecule has 1 aliphatic rings. The number of nitrogens with zero attached hydrogens (tertiary/aromatic N) is 2. The van der Waals surface area contributed by atoms with Crippen LogP contribution in [-0.2, 0) is 6.42 Å². The van der Waals surface area contributed by atoms with Crippen LogP contribution in [0.5, 0.6) is 0 Å². The van der Waals surface area contributed by atoms with Crippen molar-refractivity contribution < 1.29 is 4.39 Å². The van der Waals surface area contributed by atoms with Crippen LogP contribution in [0, 0.1) is 5.95 Å². The number of halogens is 1. The highest BCUT2D eigenvalue weighted by Crippen LogP contribution is 2.35. The minimum absolute atomic E-state index is 0.130. The van der Waals surface area contributed by atoms with Crippen LogP contribution < -0.4 is 0 Å². The molecule has 2 rings (SSSR count). The number of hydrogen-bond donors (Lipinski definition) is 0. The Morgan fingerprint density at radius 1 is 1.73 bits per heavy atom. The van der Waals surface area contributed by atoms with Gasteiger partial charge in [0.05, 0.1) is 12.2 Å². The molecule has 1 aromatic rings. The zero-order chi connectivity index (χ0) is 7.84. The van der Waals surface area contributed by atoms with Gasteiger partial charge < -0.3 is 0 Å². The summed E-state index contributed by atoms with van der Waals surface area (Å²) in [6, 6.07) is 0.357. The monoisotopic (exact) mass is 154 g/mol. The number of hydrogen-bond acceptors (Lipinski definition) is 1. The Morgan fingerprint density at radius 2 is 2.45 bits per heavy atom. The summed E-state index contributed by atoms with van der Waals surface area (Å²) < 4.78 is 14.7. The highest BCUT2D eigenvalue weighted by atomic mass is 19.1. The maximum absolute atomic E-state index is 13.2. The minimum atomic E-state index is -0.130. The van der Waals surface area contributed by atoms with Crippen molar-refractivity contribution in [2.75, 3.05) is 0 Å². The quantitative estimate of drug-likeness (QED) is 0.636. The van der Waals surface area contributed by atoms with E-state index in [-0.39, 0.29) is 5.95 Å². The van der Waals surface area contributed by atoms with Crippen LogP contribution in [0.2, 0.25) is 0 Å². The zero-order valence-electron chi connectivity index (χ0n) is 6.55. The summed E-state index contributed by atoms with van der Waals surface area (Å²) in [5, 5.41) is 3.99. The van der Waals surface area contributed by atoms with E-state index in [2.05, 4.69) is 5.10 Å². The van der Waals surface area contributed by atoms with Crippen LogP contribution in [0.4, 0.5) is 4.39 Å². The fourth-order valence-corrected chi connectivity index (χ4v) is 1.19. The predicted molar refractivity (Wildman–Crippen MR) is 39.8 cm³/mol. The van der Waals surface area contributed by atoms with Gasteiger partial charge >= 0.3 is 0 Å². The molecule has 0 radical (unpaired) electrons. The summed E-state index contributed by atoms with van der Waals surface area (Å²) in [6.07, 6.45) is 4.54. The highest BCUT2D eigenvalue weighted by molar-refractivity contribution is 5.07. The second kappa shape index (κ2) is 2.32. The summed E-state index contributed by atoms with van der Waals surface area (Å²) in [5.41, 5.74) is 0.733. The molecule has 0 N–H and O–H groups in total. The van der Waals surface area contributed by atoms with Crippen molar-refractivity contribution in [2.45, 2.75) is 32.2 Å². The van der Waals surface area contributed by atoms with Gasteiger partial charge in [0.25, 0.3) is 0 Å². The molecule has 1 heterocycles. The summed E-state index contributed by atoms with van der Waals surface area (Å²) in [7, 11) is 0. The van der Waals surface area contributed by atoms with Crippen molar-refractivity contribution in [3.63, 3.8) is 0 Å². The Labute approximate surface area is 65.0 Å². The van der Waals surface area contributed by atoms with E-state index in [1.807, 2.05) is 6.92 Å². The van der Waals surface area contributed by atoms with Gasteiger partial charge in [0, 0.05) is 5.56 Å². The summed E-state index contributed by atoms with van der Waals surface area (Å²) in [4.78, 5) is 0. The van der Waals surface area contributed by atoms with Crippen LogP contribution in [0.25, 0.3) is 0 Å². The van der Waals surface area contributed by atoms with Crippen molar-refractivity contribution in [2.24, 2.45) is 0 Å². The van der Waals surface area contributed by atoms with Crippen molar-refractivity contribution in [3.8, 4) is 0 Å². The molecule has 0 unspecified atom stereocenters. The smallest absolute Gasteiger partial charge is 0.214 e. The van der Waals surface area contributed by atoms with Crippen molar-refractivity contribution in [3.05, 3.63) is 17.7 Å². The van der Waals surface area contributed by atoms with Crippen molar-refractivity contribution in [1.29, 1.82) is 0 Å². The second-order valence-corrected chi connectivity index (χ2v) is 2.99. The van der Waals surface area contributed by atoms with E-state index in [0.29, 0.717) is 6.04 Å². The van der Waals surface area contributed by atoms with Crippen molar-refractivity contribution in [1.82, 2.24) is 9.78 Å². The van der Waals surface area contributed by atoms with E-state index in [0.717, 1.165) is 24.8 Å². The molecular weight excluding hydrogens is 143 g/mol. The number of aryl methyl sites for hydroxylation is 1. The molecule has 0 amide bonds. The van der Waals surface area contributed by atoms with Gasteiger partial charge in [0.1, 0.15) is 0 Å². The lowest BCUT2D eigenvalue weighted by Gasteiger charge is -1.96. The fourth-order valence-electron chi connectivity index (χ4n) is 1.19. The lowest BCUT2D eigenvalue weighted by atomic mass is 10.3. The molecule has 1 aliphatic carbocycles. The van der Waals surface area contributed by atoms with Crippen LogP contribution in [-0.4, -0.2) is 9.78 Å². The molecule has 0 aliphatic heterocycles. The summed E-state index contributed by atoms with van der Waals surface area (Å²) in [5.74, 6) is -0.130. The normalized spacial score (nSPS) is 17.3. The summed E-state index contributed by atoms with van der Waals surface area (Å²) in [6.45, 7) is 1.94. The lowest BCUT2D eigenvalue weighted by Crippen LogP contribution is -1.99. The standard InChI is InChI=1S/C8H11FN2/c1-2-6-5-10-11(8(6)9)7-3-4-7/h5,7H,2-4H2,1H3.